The maximum Gasteiger partial charge on any atom is 0.511 e. The maximum atomic E-state index is 10.7. The van der Waals surface area contributed by atoms with E-state index in [-0.39, 0.29) is 0 Å². The van der Waals surface area contributed by atoms with Crippen LogP contribution in [-0.4, -0.2) is 27.7 Å². The molecule has 0 aliphatic rings. The van der Waals surface area contributed by atoms with E-state index in [1.807, 2.05) is 0 Å². The average Bonchev–Trinajstić information content (AvgIpc) is 1.85. The second-order valence-electron chi connectivity index (χ2n) is 2.78. The Morgan fingerprint density at radius 3 is 2.00 bits per heavy atom. The molecule has 4 atom stereocenters. The molecule has 0 heterocycles. The third-order valence-electron chi connectivity index (χ3n) is 1.70. The molecule has 4 N–H and O–H groups in total. The number of nitrogens with two attached hydrogens (primary N) is 1. The number of carboxylic acid groups (broad SMARTS) is 1. The van der Waals surface area contributed by atoms with Gasteiger partial charge in [-0.1, -0.05) is 0 Å². The molecule has 0 aromatic heterocycles. The molecule has 0 radical (unpaired) electrons. The molecule has 0 saturated heterocycles. The molecule has 4 unspecified atom stereocenters. The molecule has 70 valence electrons. The number of hydrogen-bond acceptors (Lipinski definition) is 3. The van der Waals surface area contributed by atoms with Gasteiger partial charge in [0, 0.05) is 0 Å². The highest BCUT2D eigenvalue weighted by Gasteiger charge is 2.41. The minimum Gasteiger partial charge on any atom is -0.481 e. The lowest BCUT2D eigenvalue weighted by Crippen LogP contribution is -2.37. The number of carbonyl (C=O) groups is 1. The van der Waals surface area contributed by atoms with Gasteiger partial charge in [-0.2, -0.15) is 4.89 Å². The summed E-state index contributed by atoms with van der Waals surface area (Å²) in [4.78, 5) is 19.2. The first-order valence-corrected chi connectivity index (χ1v) is 4.79. The van der Waals surface area contributed by atoms with Gasteiger partial charge in [0.15, 0.2) is 0 Å². The number of rotatable bonds is 4. The fourth-order valence-electron chi connectivity index (χ4n) is 0.994. The van der Waals surface area contributed by atoms with E-state index in [0.717, 1.165) is 0 Å². The van der Waals surface area contributed by atoms with Crippen LogP contribution < -0.4 is 5.73 Å². The Balaban J connectivity index is 4.51. The fraction of sp³-hybridized carbons (Fsp3) is 0.833. The molecule has 5 nitrogen and oxygen atoms in total. The molecule has 0 aliphatic heterocycles. The normalized spacial score (nSPS) is 19.5. The van der Waals surface area contributed by atoms with Gasteiger partial charge in [0.05, 0.1) is 6.04 Å². The zero-order chi connectivity index (χ0) is 9.89. The van der Waals surface area contributed by atoms with E-state index in [2.05, 4.69) is 0 Å². The summed E-state index contributed by atoms with van der Waals surface area (Å²) < 4.78 is 10.7. The van der Waals surface area contributed by atoms with Crippen molar-refractivity contribution in [1.82, 2.24) is 0 Å². The van der Waals surface area contributed by atoms with Crippen LogP contribution in [-0.2, 0) is 9.36 Å². The SMILES string of the molecule is CC(N)C(C(C)C(=O)O)[P+](=O)O. The molecular weight excluding hydrogens is 181 g/mol. The molecule has 0 fully saturated rings. The fourth-order valence-corrected chi connectivity index (χ4v) is 1.91. The Labute approximate surface area is 71.4 Å². The van der Waals surface area contributed by atoms with Crippen molar-refractivity contribution in [3.63, 3.8) is 0 Å². The van der Waals surface area contributed by atoms with Gasteiger partial charge in [-0.25, -0.2) is 0 Å². The second-order valence-corrected chi connectivity index (χ2v) is 3.98. The summed E-state index contributed by atoms with van der Waals surface area (Å²) in [6, 6.07) is -0.593. The van der Waals surface area contributed by atoms with Crippen LogP contribution in [0.2, 0.25) is 0 Å². The van der Waals surface area contributed by atoms with Crippen molar-refractivity contribution in [2.45, 2.75) is 25.5 Å². The van der Waals surface area contributed by atoms with Crippen LogP contribution in [0, 0.1) is 5.92 Å². The van der Waals surface area contributed by atoms with Crippen LogP contribution in [0.25, 0.3) is 0 Å². The lowest BCUT2D eigenvalue weighted by Gasteiger charge is -2.12. The van der Waals surface area contributed by atoms with Crippen molar-refractivity contribution in [3.8, 4) is 0 Å². The van der Waals surface area contributed by atoms with E-state index in [9.17, 15) is 9.36 Å². The second kappa shape index (κ2) is 4.50. The standard InChI is InChI=1S/C6H12NO4P/c1-3(6(8)9)5(4(2)7)12(10)11/h3-5H,7H2,1-2H3,(H-,8,9,10,11)/p+1. The van der Waals surface area contributed by atoms with Crippen molar-refractivity contribution >= 4 is 14.0 Å². The minimum atomic E-state index is -2.53. The molecule has 0 rings (SSSR count). The van der Waals surface area contributed by atoms with Crippen molar-refractivity contribution in [2.75, 3.05) is 0 Å². The van der Waals surface area contributed by atoms with E-state index < -0.39 is 31.6 Å². The Morgan fingerprint density at radius 1 is 1.50 bits per heavy atom. The van der Waals surface area contributed by atoms with Gasteiger partial charge >= 0.3 is 14.0 Å². The first-order valence-electron chi connectivity index (χ1n) is 3.51. The molecule has 6 heteroatoms. The predicted molar refractivity (Wildman–Crippen MR) is 44.1 cm³/mol. The minimum absolute atomic E-state index is 0.593. The Bertz CT molecular complexity index is 194. The lowest BCUT2D eigenvalue weighted by molar-refractivity contribution is -0.141. The molecule has 0 saturated carbocycles. The van der Waals surface area contributed by atoms with Crippen LogP contribution in [0.4, 0.5) is 0 Å². The van der Waals surface area contributed by atoms with Crippen LogP contribution >= 0.6 is 8.03 Å². The third-order valence-corrected chi connectivity index (χ3v) is 3.12. The molecule has 0 aromatic rings. The molecule has 0 spiro atoms. The van der Waals surface area contributed by atoms with Crippen LogP contribution in [0.1, 0.15) is 13.8 Å². The zero-order valence-electron chi connectivity index (χ0n) is 6.97. The van der Waals surface area contributed by atoms with Crippen LogP contribution in [0.3, 0.4) is 0 Å². The van der Waals surface area contributed by atoms with Crippen molar-refractivity contribution < 1.29 is 19.4 Å². The summed E-state index contributed by atoms with van der Waals surface area (Å²) >= 11 is 0. The van der Waals surface area contributed by atoms with E-state index in [4.69, 9.17) is 15.7 Å². The van der Waals surface area contributed by atoms with Gasteiger partial charge in [0.1, 0.15) is 5.92 Å². The average molecular weight is 194 g/mol. The molecule has 0 aliphatic carbocycles. The monoisotopic (exact) mass is 194 g/mol. The molecule has 0 amide bonds. The van der Waals surface area contributed by atoms with Crippen molar-refractivity contribution in [2.24, 2.45) is 11.7 Å². The zero-order valence-corrected chi connectivity index (χ0v) is 7.86. The highest BCUT2D eigenvalue weighted by atomic mass is 31.1. The highest BCUT2D eigenvalue weighted by Crippen LogP contribution is 2.31. The van der Waals surface area contributed by atoms with Crippen molar-refractivity contribution in [3.05, 3.63) is 0 Å². The van der Waals surface area contributed by atoms with Gasteiger partial charge in [0.25, 0.3) is 0 Å². The molecular formula is C6H13NO4P+. The van der Waals surface area contributed by atoms with Gasteiger partial charge in [0.2, 0.25) is 5.66 Å². The summed E-state index contributed by atoms with van der Waals surface area (Å²) in [6.45, 7) is 2.90. The third kappa shape index (κ3) is 2.85. The first kappa shape index (κ1) is 11.5. The largest absolute Gasteiger partial charge is 0.511 e. The molecule has 0 aromatic carbocycles. The topological polar surface area (TPSA) is 101 Å². The van der Waals surface area contributed by atoms with Crippen molar-refractivity contribution in [1.29, 1.82) is 0 Å². The number of carboxylic acids is 1. The van der Waals surface area contributed by atoms with Gasteiger partial charge in [-0.15, -0.1) is 0 Å². The summed E-state index contributed by atoms with van der Waals surface area (Å²) in [5.74, 6) is -1.99. The van der Waals surface area contributed by atoms with Crippen LogP contribution in [0.15, 0.2) is 0 Å². The van der Waals surface area contributed by atoms with E-state index in [1.165, 1.54) is 13.8 Å². The Morgan fingerprint density at radius 2 is 1.92 bits per heavy atom. The lowest BCUT2D eigenvalue weighted by atomic mass is 10.0. The van der Waals surface area contributed by atoms with Gasteiger partial charge in [-0.3, -0.25) is 4.79 Å². The quantitative estimate of drug-likeness (QED) is 0.553. The van der Waals surface area contributed by atoms with E-state index >= 15 is 0 Å². The molecule has 12 heavy (non-hydrogen) atoms. The van der Waals surface area contributed by atoms with E-state index in [0.29, 0.717) is 0 Å². The predicted octanol–water partition coefficient (Wildman–Crippen LogP) is 0.158. The highest BCUT2D eigenvalue weighted by molar-refractivity contribution is 7.39. The summed E-state index contributed by atoms with van der Waals surface area (Å²) in [6.07, 6.45) is 0. The van der Waals surface area contributed by atoms with Crippen LogP contribution in [0.5, 0.6) is 0 Å². The van der Waals surface area contributed by atoms with Gasteiger partial charge in [-0.05, 0) is 18.4 Å². The Hall–Kier alpha value is -0.510. The Kier molecular flexibility index (Phi) is 4.31. The first-order chi connectivity index (χ1) is 5.37. The summed E-state index contributed by atoms with van der Waals surface area (Å²) in [5, 5.41) is 8.56. The smallest absolute Gasteiger partial charge is 0.481 e. The molecule has 0 bridgehead atoms. The van der Waals surface area contributed by atoms with Gasteiger partial charge < -0.3 is 10.8 Å². The number of aliphatic carboxylic acids is 1. The maximum absolute atomic E-state index is 10.7. The summed E-state index contributed by atoms with van der Waals surface area (Å²) in [7, 11) is -2.53. The van der Waals surface area contributed by atoms with E-state index in [1.54, 1.807) is 0 Å². The number of hydrogen-bond donors (Lipinski definition) is 3. The summed E-state index contributed by atoms with van der Waals surface area (Å²) in [5.41, 5.74) is 4.49.